The van der Waals surface area contributed by atoms with Crippen LogP contribution in [0.4, 0.5) is 0 Å². The fraction of sp³-hybridized carbons (Fsp3) is 0.471. The van der Waals surface area contributed by atoms with E-state index < -0.39 is 5.92 Å². The maximum absolute atomic E-state index is 14.0. The van der Waals surface area contributed by atoms with E-state index in [0.29, 0.717) is 38.9 Å². The maximum Gasteiger partial charge on any atom is 0.175 e. The standard InChI is InChI=1S/C34H38BrCl2NO4/c1-7-10-38-24-14-33(2,3)16-26(39)30(24)29(31-25(38)15-34(4,5)17-27(31)40)20-12-21(35)32(28(13-20)41-6)42-18-19-8-9-22(36)23(37)11-19/h8-9,11-13,29H,7,10,14-18H2,1-6H3. The average molecular weight is 675 g/mol. The lowest BCUT2D eigenvalue weighted by Crippen LogP contribution is -2.44. The van der Waals surface area contributed by atoms with Gasteiger partial charge in [0.05, 0.1) is 21.6 Å². The van der Waals surface area contributed by atoms with E-state index in [4.69, 9.17) is 32.7 Å². The highest BCUT2D eigenvalue weighted by Gasteiger charge is 2.49. The van der Waals surface area contributed by atoms with Crippen LogP contribution in [-0.2, 0) is 16.2 Å². The first-order valence-electron chi connectivity index (χ1n) is 14.5. The molecule has 5 rings (SSSR count). The number of carbonyl (C=O) groups excluding carboxylic acids is 2. The van der Waals surface area contributed by atoms with E-state index in [1.165, 1.54) is 0 Å². The molecule has 0 bridgehead atoms. The summed E-state index contributed by atoms with van der Waals surface area (Å²) in [7, 11) is 1.60. The summed E-state index contributed by atoms with van der Waals surface area (Å²) in [5.74, 6) is 0.834. The second kappa shape index (κ2) is 11.7. The third-order valence-corrected chi connectivity index (χ3v) is 9.75. The minimum atomic E-state index is -0.454. The highest BCUT2D eigenvalue weighted by atomic mass is 79.9. The lowest BCUT2D eigenvalue weighted by atomic mass is 9.63. The number of hydrogen-bond acceptors (Lipinski definition) is 5. The van der Waals surface area contributed by atoms with E-state index in [1.807, 2.05) is 18.2 Å². The monoisotopic (exact) mass is 673 g/mol. The van der Waals surface area contributed by atoms with E-state index in [9.17, 15) is 9.59 Å². The SMILES string of the molecule is CCCN1C2=C(C(=O)CC(C)(C)C2)C(c2cc(Br)c(OCc3ccc(Cl)c(Cl)c3)c(OC)c2)C2=C1CC(C)(C)CC2=O. The topological polar surface area (TPSA) is 55.8 Å². The molecule has 0 radical (unpaired) electrons. The zero-order chi connectivity index (χ0) is 30.6. The minimum Gasteiger partial charge on any atom is -0.493 e. The molecular formula is C34H38BrCl2NO4. The molecule has 2 aromatic carbocycles. The van der Waals surface area contributed by atoms with Crippen LogP contribution in [-0.4, -0.2) is 30.1 Å². The van der Waals surface area contributed by atoms with E-state index in [0.717, 1.165) is 59.5 Å². The molecule has 0 saturated carbocycles. The molecular weight excluding hydrogens is 637 g/mol. The number of ketones is 2. The molecule has 8 heteroatoms. The van der Waals surface area contributed by atoms with Crippen molar-refractivity contribution in [2.75, 3.05) is 13.7 Å². The minimum absolute atomic E-state index is 0.117. The van der Waals surface area contributed by atoms with E-state index in [2.05, 4.69) is 55.4 Å². The molecule has 0 aromatic heterocycles. The molecule has 2 aromatic rings. The molecule has 224 valence electrons. The van der Waals surface area contributed by atoms with Gasteiger partial charge >= 0.3 is 0 Å². The van der Waals surface area contributed by atoms with Gasteiger partial charge in [-0.3, -0.25) is 9.59 Å². The van der Waals surface area contributed by atoms with Crippen molar-refractivity contribution in [1.82, 2.24) is 4.90 Å². The second-order valence-corrected chi connectivity index (χ2v) is 14.9. The first kappa shape index (κ1) is 31.2. The van der Waals surface area contributed by atoms with Gasteiger partial charge in [-0.2, -0.15) is 0 Å². The summed E-state index contributed by atoms with van der Waals surface area (Å²) in [6, 6.07) is 9.27. The quantitative estimate of drug-likeness (QED) is 0.293. The largest absolute Gasteiger partial charge is 0.493 e. The summed E-state index contributed by atoms with van der Waals surface area (Å²) in [4.78, 5) is 30.3. The van der Waals surface area contributed by atoms with E-state index in [-0.39, 0.29) is 29.0 Å². The van der Waals surface area contributed by atoms with Gasteiger partial charge in [0.1, 0.15) is 6.61 Å². The van der Waals surface area contributed by atoms with Crippen molar-refractivity contribution in [2.24, 2.45) is 10.8 Å². The van der Waals surface area contributed by atoms with Gasteiger partial charge in [-0.1, -0.05) is 63.9 Å². The van der Waals surface area contributed by atoms with Gasteiger partial charge < -0.3 is 14.4 Å². The van der Waals surface area contributed by atoms with Crippen molar-refractivity contribution in [2.45, 2.75) is 79.2 Å². The fourth-order valence-electron chi connectivity index (χ4n) is 6.71. The summed E-state index contributed by atoms with van der Waals surface area (Å²) in [6.45, 7) is 11.8. The Morgan fingerprint density at radius 2 is 1.50 bits per heavy atom. The number of carbonyl (C=O) groups is 2. The molecule has 0 N–H and O–H groups in total. The lowest BCUT2D eigenvalue weighted by Gasteiger charge is -2.49. The van der Waals surface area contributed by atoms with Crippen LogP contribution in [0.2, 0.25) is 10.0 Å². The molecule has 0 saturated heterocycles. The molecule has 5 nitrogen and oxygen atoms in total. The van der Waals surface area contributed by atoms with E-state index >= 15 is 0 Å². The predicted molar refractivity (Wildman–Crippen MR) is 171 cm³/mol. The highest BCUT2D eigenvalue weighted by Crippen LogP contribution is 2.55. The summed E-state index contributed by atoms with van der Waals surface area (Å²) < 4.78 is 12.7. The summed E-state index contributed by atoms with van der Waals surface area (Å²) >= 11 is 16.0. The van der Waals surface area contributed by atoms with Gasteiger partial charge in [0.15, 0.2) is 23.1 Å². The average Bonchev–Trinajstić information content (AvgIpc) is 2.89. The smallest absolute Gasteiger partial charge is 0.175 e. The Kier molecular flexibility index (Phi) is 8.65. The molecule has 0 fully saturated rings. The fourth-order valence-corrected chi connectivity index (χ4v) is 7.60. The third-order valence-electron chi connectivity index (χ3n) is 8.42. The van der Waals surface area contributed by atoms with Crippen molar-refractivity contribution < 1.29 is 19.1 Å². The first-order chi connectivity index (χ1) is 19.7. The van der Waals surface area contributed by atoms with Crippen LogP contribution in [0.1, 0.15) is 83.8 Å². The molecule has 2 aliphatic carbocycles. The normalized spacial score (nSPS) is 20.1. The molecule has 0 amide bonds. The number of ether oxygens (including phenoxy) is 2. The number of methoxy groups -OCH3 is 1. The van der Waals surface area contributed by atoms with Crippen molar-refractivity contribution in [3.63, 3.8) is 0 Å². The predicted octanol–water partition coefficient (Wildman–Crippen LogP) is 9.44. The van der Waals surface area contributed by atoms with Crippen LogP contribution in [0.5, 0.6) is 11.5 Å². The zero-order valence-electron chi connectivity index (χ0n) is 25.1. The first-order valence-corrected chi connectivity index (χ1v) is 16.0. The number of benzene rings is 2. The van der Waals surface area contributed by atoms with Crippen molar-refractivity contribution in [3.05, 3.63) is 78.5 Å². The van der Waals surface area contributed by atoms with Crippen LogP contribution in [0, 0.1) is 10.8 Å². The second-order valence-electron chi connectivity index (χ2n) is 13.3. The van der Waals surface area contributed by atoms with Gasteiger partial charge in [-0.05, 0) is 81.4 Å². The van der Waals surface area contributed by atoms with Crippen LogP contribution in [0.15, 0.2) is 57.3 Å². The van der Waals surface area contributed by atoms with Gasteiger partial charge in [0.25, 0.3) is 0 Å². The molecule has 42 heavy (non-hydrogen) atoms. The summed E-state index contributed by atoms with van der Waals surface area (Å²) in [5.41, 5.74) is 5.06. The van der Waals surface area contributed by atoms with Gasteiger partial charge in [0, 0.05) is 47.8 Å². The lowest BCUT2D eigenvalue weighted by molar-refractivity contribution is -0.119. The zero-order valence-corrected chi connectivity index (χ0v) is 28.2. The summed E-state index contributed by atoms with van der Waals surface area (Å²) in [5, 5.41) is 0.944. The van der Waals surface area contributed by atoms with Crippen LogP contribution in [0.25, 0.3) is 0 Å². The Morgan fingerprint density at radius 1 is 0.905 bits per heavy atom. The highest BCUT2D eigenvalue weighted by molar-refractivity contribution is 9.10. The van der Waals surface area contributed by atoms with E-state index in [1.54, 1.807) is 19.2 Å². The van der Waals surface area contributed by atoms with Crippen molar-refractivity contribution in [3.8, 4) is 11.5 Å². The van der Waals surface area contributed by atoms with Crippen LogP contribution in [0.3, 0.4) is 0 Å². The molecule has 3 aliphatic rings. The molecule has 0 spiro atoms. The Labute approximate surface area is 267 Å². The maximum atomic E-state index is 14.0. The Balaban J connectivity index is 1.64. The molecule has 1 aliphatic heterocycles. The number of nitrogens with zero attached hydrogens (tertiary/aromatic N) is 1. The number of Topliss-reactive ketones (excluding diaryl/α,β-unsaturated/α-hetero) is 2. The molecule has 0 unspecified atom stereocenters. The number of rotatable bonds is 7. The third kappa shape index (κ3) is 5.92. The van der Waals surface area contributed by atoms with Crippen molar-refractivity contribution >= 4 is 50.7 Å². The Bertz CT molecular complexity index is 1470. The van der Waals surface area contributed by atoms with Gasteiger partial charge in [0.2, 0.25) is 0 Å². The number of hydrogen-bond donors (Lipinski definition) is 0. The molecule has 0 atom stereocenters. The van der Waals surface area contributed by atoms with Crippen LogP contribution >= 0.6 is 39.1 Å². The van der Waals surface area contributed by atoms with Gasteiger partial charge in [-0.25, -0.2) is 0 Å². The summed E-state index contributed by atoms with van der Waals surface area (Å²) in [6.07, 6.45) is 3.41. The Hall–Kier alpha value is -2.28. The van der Waals surface area contributed by atoms with Crippen molar-refractivity contribution in [1.29, 1.82) is 0 Å². The number of allylic oxidation sites excluding steroid dienone is 4. The Morgan fingerprint density at radius 3 is 2.02 bits per heavy atom. The number of halogens is 3. The van der Waals surface area contributed by atoms with Gasteiger partial charge in [-0.15, -0.1) is 0 Å². The molecule has 1 heterocycles. The van der Waals surface area contributed by atoms with Crippen LogP contribution < -0.4 is 9.47 Å².